The summed E-state index contributed by atoms with van der Waals surface area (Å²) in [6.45, 7) is 4.50. The van der Waals surface area contributed by atoms with Crippen molar-refractivity contribution in [3.05, 3.63) is 70.7 Å². The molecule has 0 bridgehead atoms. The number of benzene rings is 2. The van der Waals surface area contributed by atoms with E-state index in [1.165, 1.54) is 5.56 Å². The molecular weight excluding hydrogens is 346 g/mol. The van der Waals surface area contributed by atoms with Gasteiger partial charge in [0.1, 0.15) is 17.4 Å². The number of carbonyl (C=O) groups excluding carboxylic acids is 1. The highest BCUT2D eigenvalue weighted by Crippen LogP contribution is 2.26. The molecule has 0 N–H and O–H groups in total. The van der Waals surface area contributed by atoms with Gasteiger partial charge in [0.25, 0.3) is 0 Å². The first-order valence-corrected chi connectivity index (χ1v) is 9.30. The number of hydrogen-bond donors (Lipinski definition) is 0. The van der Waals surface area contributed by atoms with Crippen LogP contribution in [-0.2, 0) is 11.3 Å². The number of ether oxygens (including phenoxy) is 2. The fourth-order valence-electron chi connectivity index (χ4n) is 2.49. The van der Waals surface area contributed by atoms with E-state index in [0.29, 0.717) is 17.2 Å². The molecule has 3 rings (SSSR count). The predicted molar refractivity (Wildman–Crippen MR) is 104 cm³/mol. The molecule has 0 fully saturated rings. The van der Waals surface area contributed by atoms with Crippen molar-refractivity contribution in [2.24, 2.45) is 0 Å². The maximum atomic E-state index is 12.2. The highest BCUT2D eigenvalue weighted by Gasteiger charge is 2.11. The molecule has 2 aromatic carbocycles. The summed E-state index contributed by atoms with van der Waals surface area (Å²) in [5.74, 6) is 0.743. The Hall–Kier alpha value is -2.66. The molecule has 0 unspecified atom stereocenters. The number of rotatable bonds is 6. The van der Waals surface area contributed by atoms with Gasteiger partial charge in [0.15, 0.2) is 0 Å². The van der Waals surface area contributed by atoms with E-state index < -0.39 is 0 Å². The Balaban J connectivity index is 1.64. The van der Waals surface area contributed by atoms with Crippen LogP contribution in [0.25, 0.3) is 10.6 Å². The van der Waals surface area contributed by atoms with Crippen molar-refractivity contribution in [1.29, 1.82) is 0 Å². The van der Waals surface area contributed by atoms with Crippen molar-refractivity contribution in [2.75, 3.05) is 7.11 Å². The van der Waals surface area contributed by atoms with Gasteiger partial charge in [-0.2, -0.15) is 0 Å². The zero-order chi connectivity index (χ0) is 18.5. The third kappa shape index (κ3) is 4.29. The Kier molecular flexibility index (Phi) is 5.68. The molecule has 0 spiro atoms. The summed E-state index contributed by atoms with van der Waals surface area (Å²) in [6.07, 6.45) is 0. The van der Waals surface area contributed by atoms with Gasteiger partial charge < -0.3 is 9.47 Å². The average molecular weight is 367 g/mol. The molecule has 134 valence electrons. The zero-order valence-electron chi connectivity index (χ0n) is 15.1. The average Bonchev–Trinajstić information content (AvgIpc) is 3.15. The Labute approximate surface area is 157 Å². The number of esters is 1. The third-order valence-electron chi connectivity index (χ3n) is 4.03. The van der Waals surface area contributed by atoms with Gasteiger partial charge in [-0.25, -0.2) is 9.78 Å². The van der Waals surface area contributed by atoms with E-state index in [4.69, 9.17) is 9.47 Å². The zero-order valence-corrected chi connectivity index (χ0v) is 15.9. The third-order valence-corrected chi connectivity index (χ3v) is 4.97. The lowest BCUT2D eigenvalue weighted by molar-refractivity contribution is 0.0468. The Morgan fingerprint density at radius 3 is 2.62 bits per heavy atom. The molecule has 26 heavy (non-hydrogen) atoms. The second kappa shape index (κ2) is 8.15. The fourth-order valence-corrected chi connectivity index (χ4v) is 3.30. The molecule has 0 aliphatic heterocycles. The summed E-state index contributed by atoms with van der Waals surface area (Å²) in [7, 11) is 1.56. The van der Waals surface area contributed by atoms with Gasteiger partial charge in [-0.05, 0) is 29.7 Å². The minimum absolute atomic E-state index is 0.149. The first-order chi connectivity index (χ1) is 12.6. The second-order valence-electron chi connectivity index (χ2n) is 6.23. The summed E-state index contributed by atoms with van der Waals surface area (Å²) >= 11 is 1.55. The molecule has 0 aliphatic carbocycles. The van der Waals surface area contributed by atoms with Crippen LogP contribution in [0.4, 0.5) is 0 Å². The van der Waals surface area contributed by atoms with Crippen molar-refractivity contribution in [2.45, 2.75) is 26.4 Å². The summed E-state index contributed by atoms with van der Waals surface area (Å²) in [4.78, 5) is 16.7. The van der Waals surface area contributed by atoms with Crippen molar-refractivity contribution in [3.63, 3.8) is 0 Å². The van der Waals surface area contributed by atoms with Crippen molar-refractivity contribution in [3.8, 4) is 16.3 Å². The molecule has 3 aromatic rings. The van der Waals surface area contributed by atoms with E-state index in [0.717, 1.165) is 16.3 Å². The molecule has 1 aromatic heterocycles. The smallest absolute Gasteiger partial charge is 0.338 e. The molecule has 1 heterocycles. The molecule has 4 nitrogen and oxygen atoms in total. The number of hydrogen-bond acceptors (Lipinski definition) is 5. The van der Waals surface area contributed by atoms with E-state index in [2.05, 4.69) is 43.1 Å². The van der Waals surface area contributed by atoms with E-state index in [1.54, 1.807) is 42.7 Å². The predicted octanol–water partition coefficient (Wildman–Crippen LogP) is 5.30. The maximum Gasteiger partial charge on any atom is 0.338 e. The standard InChI is InChI=1S/C21H21NO3S/c1-14(2)15-7-9-16(10-8-15)20-22-18(13-26-20)12-25-21(23)17-5-4-6-19(11-17)24-3/h4-11,13-14H,12H2,1-3H3. The molecule has 0 aliphatic rings. The summed E-state index contributed by atoms with van der Waals surface area (Å²) < 4.78 is 10.5. The minimum Gasteiger partial charge on any atom is -0.497 e. The van der Waals surface area contributed by atoms with E-state index >= 15 is 0 Å². The van der Waals surface area contributed by atoms with Crippen LogP contribution >= 0.6 is 11.3 Å². The van der Waals surface area contributed by atoms with Crippen LogP contribution in [0.3, 0.4) is 0 Å². The summed E-state index contributed by atoms with van der Waals surface area (Å²) in [5.41, 5.74) is 3.58. The molecule has 5 heteroatoms. The largest absolute Gasteiger partial charge is 0.497 e. The van der Waals surface area contributed by atoms with Crippen LogP contribution in [0.15, 0.2) is 53.9 Å². The number of nitrogens with zero attached hydrogens (tertiary/aromatic N) is 1. The van der Waals surface area contributed by atoms with Crippen LogP contribution < -0.4 is 4.74 Å². The summed E-state index contributed by atoms with van der Waals surface area (Å²) in [5, 5.41) is 2.85. The fraction of sp³-hybridized carbons (Fsp3) is 0.238. The Morgan fingerprint density at radius 1 is 1.15 bits per heavy atom. The van der Waals surface area contributed by atoms with Gasteiger partial charge in [0.2, 0.25) is 0 Å². The Bertz CT molecular complexity index is 884. The van der Waals surface area contributed by atoms with Crippen LogP contribution in [0.1, 0.15) is 41.4 Å². The van der Waals surface area contributed by atoms with Crippen molar-refractivity contribution >= 4 is 17.3 Å². The lowest BCUT2D eigenvalue weighted by atomic mass is 10.0. The molecule has 0 saturated heterocycles. The van der Waals surface area contributed by atoms with Gasteiger partial charge in [-0.15, -0.1) is 11.3 Å². The van der Waals surface area contributed by atoms with Crippen LogP contribution in [0.5, 0.6) is 5.75 Å². The van der Waals surface area contributed by atoms with Gasteiger partial charge >= 0.3 is 5.97 Å². The van der Waals surface area contributed by atoms with E-state index in [-0.39, 0.29) is 12.6 Å². The van der Waals surface area contributed by atoms with Crippen LogP contribution in [0.2, 0.25) is 0 Å². The summed E-state index contributed by atoms with van der Waals surface area (Å²) in [6, 6.07) is 15.3. The van der Waals surface area contributed by atoms with E-state index in [1.807, 2.05) is 5.38 Å². The first kappa shape index (κ1) is 18.1. The van der Waals surface area contributed by atoms with Gasteiger partial charge in [0, 0.05) is 10.9 Å². The monoisotopic (exact) mass is 367 g/mol. The Morgan fingerprint density at radius 2 is 1.92 bits per heavy atom. The van der Waals surface area contributed by atoms with Gasteiger partial charge in [-0.3, -0.25) is 0 Å². The minimum atomic E-state index is -0.389. The molecule has 0 radical (unpaired) electrons. The number of thiazole rings is 1. The SMILES string of the molecule is COc1cccc(C(=O)OCc2csc(-c3ccc(C(C)C)cc3)n2)c1. The highest BCUT2D eigenvalue weighted by atomic mass is 32.1. The molecule has 0 atom stereocenters. The lowest BCUT2D eigenvalue weighted by Gasteiger charge is -2.05. The van der Waals surface area contributed by atoms with E-state index in [9.17, 15) is 4.79 Å². The molecular formula is C21H21NO3S. The van der Waals surface area contributed by atoms with Crippen LogP contribution in [0, 0.1) is 0 Å². The van der Waals surface area contributed by atoms with Crippen molar-refractivity contribution < 1.29 is 14.3 Å². The number of methoxy groups -OCH3 is 1. The first-order valence-electron chi connectivity index (χ1n) is 8.42. The van der Waals surface area contributed by atoms with Gasteiger partial charge in [-0.1, -0.05) is 44.2 Å². The highest BCUT2D eigenvalue weighted by molar-refractivity contribution is 7.13. The maximum absolute atomic E-state index is 12.2. The molecule has 0 amide bonds. The second-order valence-corrected chi connectivity index (χ2v) is 7.09. The number of aromatic nitrogens is 1. The van der Waals surface area contributed by atoms with Crippen molar-refractivity contribution in [1.82, 2.24) is 4.98 Å². The lowest BCUT2D eigenvalue weighted by Crippen LogP contribution is -2.05. The molecule has 0 saturated carbocycles. The normalized spacial score (nSPS) is 10.8. The van der Waals surface area contributed by atoms with Crippen LogP contribution in [-0.4, -0.2) is 18.1 Å². The number of carbonyl (C=O) groups is 1. The van der Waals surface area contributed by atoms with Gasteiger partial charge in [0.05, 0.1) is 18.4 Å². The quantitative estimate of drug-likeness (QED) is 0.555. The topological polar surface area (TPSA) is 48.4 Å².